The highest BCUT2D eigenvalue weighted by Gasteiger charge is 2.28. The molecule has 1 N–H and O–H groups in total. The monoisotopic (exact) mass is 386 g/mol. The predicted octanol–water partition coefficient (Wildman–Crippen LogP) is 3.78. The van der Waals surface area contributed by atoms with Crippen molar-refractivity contribution in [3.05, 3.63) is 45.5 Å². The Kier molecular flexibility index (Phi) is 5.62. The summed E-state index contributed by atoms with van der Waals surface area (Å²) in [6, 6.07) is 5.72. The van der Waals surface area contributed by atoms with Crippen molar-refractivity contribution in [3.63, 3.8) is 0 Å². The highest BCUT2D eigenvalue weighted by atomic mass is 32.1. The van der Waals surface area contributed by atoms with Crippen molar-refractivity contribution < 1.29 is 14.0 Å². The number of nitrogens with zero attached hydrogens (tertiary/aromatic N) is 1. The van der Waals surface area contributed by atoms with Gasteiger partial charge in [-0.3, -0.25) is 9.59 Å². The van der Waals surface area contributed by atoms with Crippen LogP contribution in [0, 0.1) is 5.92 Å². The maximum Gasteiger partial charge on any atom is 0.263 e. The molecule has 0 bridgehead atoms. The van der Waals surface area contributed by atoms with Crippen LogP contribution in [0.15, 0.2) is 28.9 Å². The van der Waals surface area contributed by atoms with Gasteiger partial charge in [-0.05, 0) is 55.9 Å². The molecule has 2 amide bonds. The predicted molar refractivity (Wildman–Crippen MR) is 105 cm³/mol. The first-order valence-corrected chi connectivity index (χ1v) is 10.7. The SMILES string of the molecule is O=C(NCc1ccco1)C1CCc2sc(C(=O)N3CCCCCC3)cc2C1. The first-order chi connectivity index (χ1) is 13.2. The Morgan fingerprint density at radius 3 is 2.78 bits per heavy atom. The lowest BCUT2D eigenvalue weighted by molar-refractivity contribution is -0.125. The van der Waals surface area contributed by atoms with E-state index in [4.69, 9.17) is 4.42 Å². The van der Waals surface area contributed by atoms with Crippen LogP contribution in [-0.4, -0.2) is 29.8 Å². The van der Waals surface area contributed by atoms with E-state index in [1.807, 2.05) is 23.1 Å². The molecule has 27 heavy (non-hydrogen) atoms. The number of fused-ring (bicyclic) bond motifs is 1. The summed E-state index contributed by atoms with van der Waals surface area (Å²) in [5.41, 5.74) is 1.18. The van der Waals surface area contributed by atoms with Gasteiger partial charge in [0, 0.05) is 23.9 Å². The molecule has 5 nitrogen and oxygen atoms in total. The van der Waals surface area contributed by atoms with Crippen LogP contribution in [0.1, 0.15) is 58.0 Å². The third-order valence-corrected chi connectivity index (χ3v) is 6.80. The average molecular weight is 387 g/mol. The lowest BCUT2D eigenvalue weighted by Gasteiger charge is -2.21. The van der Waals surface area contributed by atoms with Gasteiger partial charge in [-0.25, -0.2) is 0 Å². The fourth-order valence-electron chi connectivity index (χ4n) is 4.01. The Labute approximate surface area is 163 Å². The molecule has 1 aliphatic carbocycles. The van der Waals surface area contributed by atoms with Crippen LogP contribution < -0.4 is 5.32 Å². The third-order valence-electron chi connectivity index (χ3n) is 5.57. The van der Waals surface area contributed by atoms with Gasteiger partial charge in [-0.1, -0.05) is 12.8 Å². The molecule has 0 radical (unpaired) electrons. The average Bonchev–Trinajstić information content (AvgIpc) is 3.28. The molecule has 1 atom stereocenters. The molecule has 1 fully saturated rings. The lowest BCUT2D eigenvalue weighted by atomic mass is 9.87. The van der Waals surface area contributed by atoms with E-state index in [1.54, 1.807) is 17.6 Å². The van der Waals surface area contributed by atoms with Crippen molar-refractivity contribution in [1.29, 1.82) is 0 Å². The zero-order chi connectivity index (χ0) is 18.6. The Hall–Kier alpha value is -2.08. The maximum atomic E-state index is 12.9. The van der Waals surface area contributed by atoms with Gasteiger partial charge in [0.2, 0.25) is 5.91 Å². The normalized spacial score (nSPS) is 20.0. The molecule has 3 heterocycles. The van der Waals surface area contributed by atoms with E-state index in [2.05, 4.69) is 5.32 Å². The van der Waals surface area contributed by atoms with Crippen LogP contribution >= 0.6 is 11.3 Å². The van der Waals surface area contributed by atoms with Gasteiger partial charge in [0.15, 0.2) is 0 Å². The molecular formula is C21H26N2O3S. The highest BCUT2D eigenvalue weighted by Crippen LogP contribution is 2.33. The van der Waals surface area contributed by atoms with E-state index in [9.17, 15) is 9.59 Å². The van der Waals surface area contributed by atoms with Crippen LogP contribution in [0.2, 0.25) is 0 Å². The van der Waals surface area contributed by atoms with Crippen molar-refractivity contribution in [2.75, 3.05) is 13.1 Å². The van der Waals surface area contributed by atoms with Crippen molar-refractivity contribution >= 4 is 23.2 Å². The molecule has 1 unspecified atom stereocenters. The van der Waals surface area contributed by atoms with E-state index >= 15 is 0 Å². The van der Waals surface area contributed by atoms with Gasteiger partial charge in [0.05, 0.1) is 17.7 Å². The second-order valence-electron chi connectivity index (χ2n) is 7.50. The van der Waals surface area contributed by atoms with E-state index in [1.165, 1.54) is 23.3 Å². The van der Waals surface area contributed by atoms with Gasteiger partial charge in [0.1, 0.15) is 5.76 Å². The lowest BCUT2D eigenvalue weighted by Crippen LogP contribution is -2.33. The molecule has 2 aromatic heterocycles. The summed E-state index contributed by atoms with van der Waals surface area (Å²) in [7, 11) is 0. The van der Waals surface area contributed by atoms with Crippen molar-refractivity contribution in [1.82, 2.24) is 10.2 Å². The minimum Gasteiger partial charge on any atom is -0.467 e. The molecule has 2 aromatic rings. The molecule has 0 spiro atoms. The van der Waals surface area contributed by atoms with Gasteiger partial charge < -0.3 is 14.6 Å². The summed E-state index contributed by atoms with van der Waals surface area (Å²) in [5.74, 6) is 0.989. The summed E-state index contributed by atoms with van der Waals surface area (Å²) in [6.07, 6.45) is 8.72. The third kappa shape index (κ3) is 4.26. The standard InChI is InChI=1S/C21H26N2O3S/c24-20(22-14-17-6-5-11-26-17)15-7-8-18-16(12-15)13-19(27-18)21(25)23-9-3-1-2-4-10-23/h5-6,11,13,15H,1-4,7-10,12,14H2,(H,22,24). The van der Waals surface area contributed by atoms with Crippen molar-refractivity contribution in [2.24, 2.45) is 5.92 Å². The molecule has 0 aromatic carbocycles. The first-order valence-electron chi connectivity index (χ1n) is 9.91. The number of hydrogen-bond acceptors (Lipinski definition) is 4. The van der Waals surface area contributed by atoms with Gasteiger partial charge in [-0.2, -0.15) is 0 Å². The number of likely N-dealkylation sites (tertiary alicyclic amines) is 1. The molecule has 4 rings (SSSR count). The van der Waals surface area contributed by atoms with Crippen molar-refractivity contribution in [3.8, 4) is 0 Å². The second kappa shape index (κ2) is 8.30. The van der Waals surface area contributed by atoms with E-state index in [0.29, 0.717) is 6.54 Å². The maximum absolute atomic E-state index is 12.9. The molecule has 1 saturated heterocycles. The summed E-state index contributed by atoms with van der Waals surface area (Å²) in [5, 5.41) is 2.97. The Balaban J connectivity index is 1.38. The smallest absolute Gasteiger partial charge is 0.263 e. The Morgan fingerprint density at radius 2 is 2.04 bits per heavy atom. The van der Waals surface area contributed by atoms with Crippen LogP contribution in [-0.2, 0) is 24.2 Å². The number of hydrogen-bond donors (Lipinski definition) is 1. The second-order valence-corrected chi connectivity index (χ2v) is 8.64. The number of furan rings is 1. The number of rotatable bonds is 4. The molecular weight excluding hydrogens is 360 g/mol. The minimum atomic E-state index is -0.0248. The fraction of sp³-hybridized carbons (Fsp3) is 0.524. The van der Waals surface area contributed by atoms with Crippen LogP contribution in [0.25, 0.3) is 0 Å². The van der Waals surface area contributed by atoms with Gasteiger partial charge >= 0.3 is 0 Å². The van der Waals surface area contributed by atoms with E-state index < -0.39 is 0 Å². The first kappa shape index (κ1) is 18.3. The zero-order valence-corrected chi connectivity index (χ0v) is 16.4. The van der Waals surface area contributed by atoms with Gasteiger partial charge in [-0.15, -0.1) is 11.3 Å². The Morgan fingerprint density at radius 1 is 1.22 bits per heavy atom. The largest absolute Gasteiger partial charge is 0.467 e. The summed E-state index contributed by atoms with van der Waals surface area (Å²) in [6.45, 7) is 2.18. The van der Waals surface area contributed by atoms with E-state index in [-0.39, 0.29) is 17.7 Å². The molecule has 2 aliphatic rings. The van der Waals surface area contributed by atoms with Crippen molar-refractivity contribution in [2.45, 2.75) is 51.5 Å². The van der Waals surface area contributed by atoms with Crippen LogP contribution in [0.3, 0.4) is 0 Å². The molecule has 6 heteroatoms. The topological polar surface area (TPSA) is 62.6 Å². The Bertz CT molecular complexity index is 788. The number of thiophene rings is 1. The number of nitrogens with one attached hydrogen (secondary N) is 1. The molecule has 144 valence electrons. The van der Waals surface area contributed by atoms with Gasteiger partial charge in [0.25, 0.3) is 5.91 Å². The summed E-state index contributed by atoms with van der Waals surface area (Å²) in [4.78, 5) is 29.5. The molecule has 0 saturated carbocycles. The molecule has 1 aliphatic heterocycles. The van der Waals surface area contributed by atoms with Crippen LogP contribution in [0.5, 0.6) is 0 Å². The van der Waals surface area contributed by atoms with Crippen LogP contribution in [0.4, 0.5) is 0 Å². The highest BCUT2D eigenvalue weighted by molar-refractivity contribution is 7.14. The zero-order valence-electron chi connectivity index (χ0n) is 15.5. The number of carbonyl (C=O) groups excluding carboxylic acids is 2. The van der Waals surface area contributed by atoms with E-state index in [0.717, 1.165) is 55.8 Å². The quantitative estimate of drug-likeness (QED) is 0.870. The number of carbonyl (C=O) groups is 2. The number of amides is 2. The fourth-order valence-corrected chi connectivity index (χ4v) is 5.19. The minimum absolute atomic E-state index is 0.0248. The number of aryl methyl sites for hydroxylation is 1. The summed E-state index contributed by atoms with van der Waals surface area (Å²) >= 11 is 1.63. The summed E-state index contributed by atoms with van der Waals surface area (Å²) < 4.78 is 5.27.